The second kappa shape index (κ2) is 6.43. The molecule has 1 aromatic heterocycles. The van der Waals surface area contributed by atoms with Crippen molar-refractivity contribution in [3.8, 4) is 0 Å². The molecule has 0 fully saturated rings. The van der Waals surface area contributed by atoms with Crippen LogP contribution in [0, 0.1) is 0 Å². The third kappa shape index (κ3) is 4.44. The van der Waals surface area contributed by atoms with Crippen molar-refractivity contribution in [2.45, 2.75) is 33.0 Å². The molecule has 6 heteroatoms. The Morgan fingerprint density at radius 1 is 1.14 bits per heavy atom. The highest BCUT2D eigenvalue weighted by molar-refractivity contribution is 5.88. The van der Waals surface area contributed by atoms with Crippen molar-refractivity contribution in [2.24, 2.45) is 0 Å². The van der Waals surface area contributed by atoms with Crippen LogP contribution in [0.1, 0.15) is 36.8 Å². The zero-order chi connectivity index (χ0) is 16.2. The zero-order valence-electron chi connectivity index (χ0n) is 12.8. The molecule has 0 saturated heterocycles. The van der Waals surface area contributed by atoms with Crippen molar-refractivity contribution >= 4 is 12.1 Å². The first-order chi connectivity index (χ1) is 10.3. The van der Waals surface area contributed by atoms with Gasteiger partial charge in [-0.15, -0.1) is 0 Å². The first-order valence-corrected chi connectivity index (χ1v) is 6.85. The quantitative estimate of drug-likeness (QED) is 0.815. The van der Waals surface area contributed by atoms with Gasteiger partial charge in [0, 0.05) is 6.20 Å². The van der Waals surface area contributed by atoms with E-state index in [0.717, 1.165) is 10.2 Å². The molecule has 0 aliphatic rings. The molecule has 6 nitrogen and oxygen atoms in total. The summed E-state index contributed by atoms with van der Waals surface area (Å²) >= 11 is 0. The molecule has 0 N–H and O–H groups in total. The Hall–Kier alpha value is -2.63. The smallest absolute Gasteiger partial charge is 0.435 e. The normalized spacial score (nSPS) is 11.0. The number of carbonyl (C=O) groups is 2. The average molecular weight is 302 g/mol. The summed E-state index contributed by atoms with van der Waals surface area (Å²) in [6.45, 7) is 5.42. The van der Waals surface area contributed by atoms with Crippen molar-refractivity contribution in [2.75, 3.05) is 0 Å². The van der Waals surface area contributed by atoms with Crippen molar-refractivity contribution in [3.05, 3.63) is 53.9 Å². The molecule has 0 aliphatic heterocycles. The van der Waals surface area contributed by atoms with E-state index in [1.54, 1.807) is 20.8 Å². The lowest BCUT2D eigenvalue weighted by atomic mass is 10.2. The lowest BCUT2D eigenvalue weighted by Gasteiger charge is -2.18. The largest absolute Gasteiger partial charge is 0.455 e. The Kier molecular flexibility index (Phi) is 4.60. The van der Waals surface area contributed by atoms with Gasteiger partial charge in [0.2, 0.25) is 0 Å². The highest BCUT2D eigenvalue weighted by Gasteiger charge is 2.21. The number of carbonyl (C=O) groups excluding carboxylic acids is 2. The average Bonchev–Trinajstić information content (AvgIpc) is 2.94. The molecule has 0 amide bonds. The van der Waals surface area contributed by atoms with E-state index in [1.807, 2.05) is 30.3 Å². The Labute approximate surface area is 128 Å². The van der Waals surface area contributed by atoms with E-state index in [9.17, 15) is 9.59 Å². The molecule has 0 bridgehead atoms. The van der Waals surface area contributed by atoms with Crippen LogP contribution >= 0.6 is 0 Å². The van der Waals surface area contributed by atoms with E-state index in [2.05, 4.69) is 5.10 Å². The van der Waals surface area contributed by atoms with Crippen LogP contribution in [-0.2, 0) is 16.1 Å². The summed E-state index contributed by atoms with van der Waals surface area (Å²) in [5, 5.41) is 3.87. The van der Waals surface area contributed by atoms with E-state index in [0.29, 0.717) is 0 Å². The molecule has 0 atom stereocenters. The van der Waals surface area contributed by atoms with Gasteiger partial charge in [0.05, 0.1) is 0 Å². The van der Waals surface area contributed by atoms with E-state index in [-0.39, 0.29) is 12.3 Å². The second-order valence-electron chi connectivity index (χ2n) is 5.69. The van der Waals surface area contributed by atoms with Gasteiger partial charge in [-0.2, -0.15) is 9.78 Å². The minimum Gasteiger partial charge on any atom is -0.455 e. The molecule has 0 spiro atoms. The van der Waals surface area contributed by atoms with Gasteiger partial charge in [-0.1, -0.05) is 30.3 Å². The predicted octanol–water partition coefficient (Wildman–Crippen LogP) is 3.02. The number of benzene rings is 1. The number of hydrogen-bond donors (Lipinski definition) is 0. The molecule has 0 saturated carbocycles. The minimum atomic E-state index is -0.654. The van der Waals surface area contributed by atoms with Crippen LogP contribution in [0.5, 0.6) is 0 Å². The highest BCUT2D eigenvalue weighted by atomic mass is 16.6. The number of aromatic nitrogens is 2. The van der Waals surface area contributed by atoms with Crippen molar-refractivity contribution in [3.63, 3.8) is 0 Å². The molecule has 22 heavy (non-hydrogen) atoms. The Morgan fingerprint density at radius 3 is 2.45 bits per heavy atom. The first-order valence-electron chi connectivity index (χ1n) is 6.85. The van der Waals surface area contributed by atoms with Gasteiger partial charge in [-0.25, -0.2) is 9.59 Å². The highest BCUT2D eigenvalue weighted by Crippen LogP contribution is 2.11. The van der Waals surface area contributed by atoms with Gasteiger partial charge >= 0.3 is 12.1 Å². The molecule has 1 heterocycles. The molecule has 0 aliphatic carbocycles. The van der Waals surface area contributed by atoms with Crippen LogP contribution in [0.25, 0.3) is 0 Å². The molecule has 2 aromatic rings. The Balaban J connectivity index is 1.96. The second-order valence-corrected chi connectivity index (χ2v) is 5.69. The summed E-state index contributed by atoms with van der Waals surface area (Å²) in [5.41, 5.74) is 0.316. The van der Waals surface area contributed by atoms with Crippen molar-refractivity contribution in [1.29, 1.82) is 0 Å². The third-order valence-electron chi connectivity index (χ3n) is 2.59. The van der Waals surface area contributed by atoms with Crippen LogP contribution in [0.15, 0.2) is 42.6 Å². The van der Waals surface area contributed by atoms with Crippen LogP contribution in [-0.4, -0.2) is 27.4 Å². The zero-order valence-corrected chi connectivity index (χ0v) is 12.8. The SMILES string of the molecule is CC(C)(C)OC(=O)c1ccn(C(=O)OCc2ccccc2)n1. The fourth-order valence-electron chi connectivity index (χ4n) is 1.65. The summed E-state index contributed by atoms with van der Waals surface area (Å²) in [6, 6.07) is 10.7. The van der Waals surface area contributed by atoms with Crippen molar-refractivity contribution in [1.82, 2.24) is 9.78 Å². The van der Waals surface area contributed by atoms with Gasteiger partial charge < -0.3 is 9.47 Å². The molecule has 1 aromatic carbocycles. The van der Waals surface area contributed by atoms with Crippen LogP contribution < -0.4 is 0 Å². The standard InChI is InChI=1S/C16H18N2O4/c1-16(2,3)22-14(19)13-9-10-18(17-13)15(20)21-11-12-7-5-4-6-8-12/h4-10H,11H2,1-3H3. The molecule has 0 radical (unpaired) electrons. The third-order valence-corrected chi connectivity index (χ3v) is 2.59. The monoisotopic (exact) mass is 302 g/mol. The van der Waals surface area contributed by atoms with E-state index in [4.69, 9.17) is 9.47 Å². The maximum Gasteiger partial charge on any atom is 0.435 e. The van der Waals surface area contributed by atoms with E-state index < -0.39 is 17.7 Å². The first kappa shape index (κ1) is 15.8. The summed E-state index contributed by atoms with van der Waals surface area (Å²) in [7, 11) is 0. The number of hydrogen-bond acceptors (Lipinski definition) is 5. The van der Waals surface area contributed by atoms with Crippen LogP contribution in [0.4, 0.5) is 4.79 Å². The van der Waals surface area contributed by atoms with Crippen molar-refractivity contribution < 1.29 is 19.1 Å². The lowest BCUT2D eigenvalue weighted by molar-refractivity contribution is 0.00623. The summed E-state index contributed by atoms with van der Waals surface area (Å²) in [5.74, 6) is -0.581. The fourth-order valence-corrected chi connectivity index (χ4v) is 1.65. The predicted molar refractivity (Wildman–Crippen MR) is 79.4 cm³/mol. The molecular formula is C16H18N2O4. The molecule has 0 unspecified atom stereocenters. The number of rotatable bonds is 3. The maximum absolute atomic E-state index is 11.9. The lowest BCUT2D eigenvalue weighted by Crippen LogP contribution is -2.24. The summed E-state index contributed by atoms with van der Waals surface area (Å²) < 4.78 is 11.3. The van der Waals surface area contributed by atoms with Gasteiger partial charge in [-0.05, 0) is 32.4 Å². The van der Waals surface area contributed by atoms with E-state index >= 15 is 0 Å². The number of nitrogens with zero attached hydrogens (tertiary/aromatic N) is 2. The minimum absolute atomic E-state index is 0.0617. The summed E-state index contributed by atoms with van der Waals surface area (Å²) in [4.78, 5) is 23.7. The maximum atomic E-state index is 11.9. The van der Waals surface area contributed by atoms with Gasteiger partial charge in [0.1, 0.15) is 12.2 Å². The fraction of sp³-hybridized carbons (Fsp3) is 0.312. The van der Waals surface area contributed by atoms with Crippen LogP contribution in [0.2, 0.25) is 0 Å². The van der Waals surface area contributed by atoms with Crippen LogP contribution in [0.3, 0.4) is 0 Å². The van der Waals surface area contributed by atoms with Gasteiger partial charge in [-0.3, -0.25) is 0 Å². The van der Waals surface area contributed by atoms with Gasteiger partial charge in [0.15, 0.2) is 5.69 Å². The number of esters is 1. The molecule has 2 rings (SSSR count). The van der Waals surface area contributed by atoms with Gasteiger partial charge in [0.25, 0.3) is 0 Å². The molecule has 116 valence electrons. The Bertz CT molecular complexity index is 656. The Morgan fingerprint density at radius 2 is 1.82 bits per heavy atom. The van der Waals surface area contributed by atoms with E-state index in [1.165, 1.54) is 12.3 Å². The molecular weight excluding hydrogens is 284 g/mol. The topological polar surface area (TPSA) is 70.4 Å². The summed E-state index contributed by atoms with van der Waals surface area (Å²) in [6.07, 6.45) is 0.714. The number of ether oxygens (including phenoxy) is 2.